The van der Waals surface area contributed by atoms with Gasteiger partial charge in [-0.3, -0.25) is 4.79 Å². The number of amides is 1. The van der Waals surface area contributed by atoms with E-state index in [4.69, 9.17) is 11.6 Å². The molecule has 0 aliphatic heterocycles. The van der Waals surface area contributed by atoms with Crippen molar-refractivity contribution in [2.45, 2.75) is 0 Å². The third kappa shape index (κ3) is 3.12. The molecule has 4 nitrogen and oxygen atoms in total. The Hall–Kier alpha value is -2.76. The van der Waals surface area contributed by atoms with E-state index in [-0.39, 0.29) is 5.91 Å². The van der Waals surface area contributed by atoms with E-state index in [1.807, 2.05) is 29.8 Å². The Morgan fingerprint density at radius 2 is 1.88 bits per heavy atom. The zero-order valence-corrected chi connectivity index (χ0v) is 14.5. The first kappa shape index (κ1) is 15.7. The molecule has 1 N–H and O–H groups in total. The SMILES string of the molecule is O=C(Nc1ccc(-c2cccc3scnc23)cn1)c1ccccc1Cl. The van der Waals surface area contributed by atoms with Crippen LogP contribution in [0.1, 0.15) is 10.4 Å². The van der Waals surface area contributed by atoms with Crippen LogP contribution < -0.4 is 5.32 Å². The van der Waals surface area contributed by atoms with Crippen LogP contribution in [0.2, 0.25) is 5.02 Å². The number of anilines is 1. The zero-order chi connectivity index (χ0) is 17.2. The number of thiazole rings is 1. The molecule has 4 aromatic rings. The van der Waals surface area contributed by atoms with Crippen LogP contribution in [0, 0.1) is 0 Å². The lowest BCUT2D eigenvalue weighted by molar-refractivity contribution is 0.102. The number of carbonyl (C=O) groups excluding carboxylic acids is 1. The van der Waals surface area contributed by atoms with Crippen molar-refractivity contribution in [3.05, 3.63) is 76.9 Å². The highest BCUT2D eigenvalue weighted by atomic mass is 35.5. The van der Waals surface area contributed by atoms with Crippen molar-refractivity contribution in [1.82, 2.24) is 9.97 Å². The van der Waals surface area contributed by atoms with Gasteiger partial charge in [0.1, 0.15) is 5.82 Å². The van der Waals surface area contributed by atoms with E-state index >= 15 is 0 Å². The number of benzene rings is 2. The van der Waals surface area contributed by atoms with E-state index in [0.29, 0.717) is 16.4 Å². The van der Waals surface area contributed by atoms with Gasteiger partial charge in [-0.2, -0.15) is 0 Å². The summed E-state index contributed by atoms with van der Waals surface area (Å²) in [5, 5.41) is 3.17. The zero-order valence-electron chi connectivity index (χ0n) is 12.9. The van der Waals surface area contributed by atoms with Crippen molar-refractivity contribution < 1.29 is 4.79 Å². The lowest BCUT2D eigenvalue weighted by Crippen LogP contribution is -2.13. The van der Waals surface area contributed by atoms with Gasteiger partial charge in [0.15, 0.2) is 0 Å². The molecule has 0 fully saturated rings. The van der Waals surface area contributed by atoms with Gasteiger partial charge in [0.05, 0.1) is 26.3 Å². The molecule has 4 rings (SSSR count). The highest BCUT2D eigenvalue weighted by Crippen LogP contribution is 2.29. The van der Waals surface area contributed by atoms with Crippen molar-refractivity contribution in [3.8, 4) is 11.1 Å². The second-order valence-corrected chi connectivity index (χ2v) is 6.66. The fourth-order valence-electron chi connectivity index (χ4n) is 2.58. The summed E-state index contributed by atoms with van der Waals surface area (Å²) in [5.74, 6) is 0.187. The number of aromatic nitrogens is 2. The number of rotatable bonds is 3. The number of hydrogen-bond donors (Lipinski definition) is 1. The molecule has 2 aromatic carbocycles. The second kappa shape index (κ2) is 6.63. The van der Waals surface area contributed by atoms with Crippen molar-refractivity contribution in [1.29, 1.82) is 0 Å². The lowest BCUT2D eigenvalue weighted by atomic mass is 10.1. The predicted molar refractivity (Wildman–Crippen MR) is 102 cm³/mol. The first-order chi connectivity index (χ1) is 12.2. The number of halogens is 1. The highest BCUT2D eigenvalue weighted by molar-refractivity contribution is 7.16. The molecular weight excluding hydrogens is 354 g/mol. The van der Waals surface area contributed by atoms with Gasteiger partial charge in [-0.25, -0.2) is 9.97 Å². The van der Waals surface area contributed by atoms with E-state index in [1.54, 1.807) is 47.9 Å². The average Bonchev–Trinajstić information content (AvgIpc) is 3.11. The van der Waals surface area contributed by atoms with Crippen LogP contribution in [-0.4, -0.2) is 15.9 Å². The maximum absolute atomic E-state index is 12.3. The third-order valence-corrected chi connectivity index (χ3v) is 4.92. The molecule has 122 valence electrons. The molecule has 6 heteroatoms. The molecule has 0 saturated carbocycles. The maximum atomic E-state index is 12.3. The molecule has 0 bridgehead atoms. The van der Waals surface area contributed by atoms with Crippen LogP contribution in [0.25, 0.3) is 21.3 Å². The minimum atomic E-state index is -0.285. The number of nitrogens with one attached hydrogen (secondary N) is 1. The van der Waals surface area contributed by atoms with E-state index in [1.165, 1.54) is 0 Å². The Morgan fingerprint density at radius 3 is 2.68 bits per heavy atom. The van der Waals surface area contributed by atoms with Gasteiger partial charge in [-0.15, -0.1) is 11.3 Å². The van der Waals surface area contributed by atoms with Gasteiger partial charge in [0.25, 0.3) is 5.91 Å². The molecular formula is C19H12ClN3OS. The Morgan fingerprint density at radius 1 is 1.00 bits per heavy atom. The number of para-hydroxylation sites is 1. The van der Waals surface area contributed by atoms with Gasteiger partial charge in [-0.1, -0.05) is 35.9 Å². The smallest absolute Gasteiger partial charge is 0.258 e. The van der Waals surface area contributed by atoms with Gasteiger partial charge in [0.2, 0.25) is 0 Å². The van der Waals surface area contributed by atoms with Crippen LogP contribution in [0.3, 0.4) is 0 Å². The predicted octanol–water partition coefficient (Wildman–Crippen LogP) is 5.26. The molecule has 2 aromatic heterocycles. The van der Waals surface area contributed by atoms with Crippen molar-refractivity contribution in [3.63, 3.8) is 0 Å². The van der Waals surface area contributed by atoms with Crippen LogP contribution >= 0.6 is 22.9 Å². The summed E-state index contributed by atoms with van der Waals surface area (Å²) < 4.78 is 1.13. The Balaban J connectivity index is 1.59. The van der Waals surface area contributed by atoms with Crippen molar-refractivity contribution in [2.75, 3.05) is 5.32 Å². The van der Waals surface area contributed by atoms with Crippen LogP contribution in [-0.2, 0) is 0 Å². The quantitative estimate of drug-likeness (QED) is 0.538. The monoisotopic (exact) mass is 365 g/mol. The summed E-state index contributed by atoms with van der Waals surface area (Å²) in [6.07, 6.45) is 1.73. The number of hydrogen-bond acceptors (Lipinski definition) is 4. The van der Waals surface area contributed by atoms with Crippen molar-refractivity contribution >= 4 is 44.9 Å². The van der Waals surface area contributed by atoms with E-state index in [0.717, 1.165) is 21.3 Å². The normalized spacial score (nSPS) is 10.8. The summed E-state index contributed by atoms with van der Waals surface area (Å²) in [6, 6.07) is 16.7. The third-order valence-electron chi connectivity index (χ3n) is 3.80. The first-order valence-corrected chi connectivity index (χ1v) is 8.82. The van der Waals surface area contributed by atoms with E-state index in [2.05, 4.69) is 15.3 Å². The maximum Gasteiger partial charge on any atom is 0.258 e. The van der Waals surface area contributed by atoms with Gasteiger partial charge >= 0.3 is 0 Å². The summed E-state index contributed by atoms with van der Waals surface area (Å²) >= 11 is 7.65. The number of carbonyl (C=O) groups is 1. The van der Waals surface area contributed by atoms with E-state index in [9.17, 15) is 4.79 Å². The van der Waals surface area contributed by atoms with E-state index < -0.39 is 0 Å². The number of fused-ring (bicyclic) bond motifs is 1. The van der Waals surface area contributed by atoms with Gasteiger partial charge < -0.3 is 5.32 Å². The van der Waals surface area contributed by atoms with Gasteiger partial charge in [0, 0.05) is 17.3 Å². The summed E-state index contributed by atoms with van der Waals surface area (Å²) in [5.41, 5.74) is 5.19. The number of nitrogens with zero attached hydrogens (tertiary/aromatic N) is 2. The minimum absolute atomic E-state index is 0.285. The molecule has 2 heterocycles. The van der Waals surface area contributed by atoms with Crippen LogP contribution in [0.15, 0.2) is 66.3 Å². The van der Waals surface area contributed by atoms with Crippen LogP contribution in [0.5, 0.6) is 0 Å². The molecule has 0 saturated heterocycles. The summed E-state index contributed by atoms with van der Waals surface area (Å²) in [7, 11) is 0. The Kier molecular flexibility index (Phi) is 4.17. The molecule has 0 radical (unpaired) electrons. The molecule has 0 unspecified atom stereocenters. The van der Waals surface area contributed by atoms with Crippen molar-refractivity contribution in [2.24, 2.45) is 0 Å². The Bertz CT molecular complexity index is 1060. The Labute approximate surface area is 153 Å². The largest absolute Gasteiger partial charge is 0.307 e. The first-order valence-electron chi connectivity index (χ1n) is 7.57. The van der Waals surface area contributed by atoms with Crippen LogP contribution in [0.4, 0.5) is 5.82 Å². The average molecular weight is 366 g/mol. The molecule has 0 aliphatic rings. The van der Waals surface area contributed by atoms with Gasteiger partial charge in [-0.05, 0) is 30.3 Å². The highest BCUT2D eigenvalue weighted by Gasteiger charge is 2.11. The number of pyridine rings is 1. The fourth-order valence-corrected chi connectivity index (χ4v) is 3.50. The fraction of sp³-hybridized carbons (Fsp3) is 0. The second-order valence-electron chi connectivity index (χ2n) is 5.37. The molecule has 1 amide bonds. The molecule has 0 atom stereocenters. The molecule has 0 aliphatic carbocycles. The molecule has 0 spiro atoms. The summed E-state index contributed by atoms with van der Waals surface area (Å²) in [4.78, 5) is 21.0. The summed E-state index contributed by atoms with van der Waals surface area (Å²) in [6.45, 7) is 0. The lowest BCUT2D eigenvalue weighted by Gasteiger charge is -2.07. The minimum Gasteiger partial charge on any atom is -0.307 e. The topological polar surface area (TPSA) is 54.9 Å². The molecule has 25 heavy (non-hydrogen) atoms. The standard InChI is InChI=1S/C19H12ClN3OS/c20-15-6-2-1-4-14(15)19(24)23-17-9-8-12(10-21-17)13-5-3-7-16-18(13)22-11-25-16/h1-11H,(H,21,23,24).